The molecule has 0 bridgehead atoms. The maximum absolute atomic E-state index is 12.9. The van der Waals surface area contributed by atoms with Gasteiger partial charge in [-0.2, -0.15) is 5.10 Å². The van der Waals surface area contributed by atoms with Crippen LogP contribution in [-0.4, -0.2) is 61.7 Å². The van der Waals surface area contributed by atoms with Crippen LogP contribution in [0.3, 0.4) is 0 Å². The van der Waals surface area contributed by atoms with Gasteiger partial charge >= 0.3 is 0 Å². The number of H-pyrrole nitrogens is 1. The summed E-state index contributed by atoms with van der Waals surface area (Å²) in [6, 6.07) is 10.1. The molecule has 31 heavy (non-hydrogen) atoms. The number of carbonyl (C=O) groups is 1. The van der Waals surface area contributed by atoms with Crippen LogP contribution in [0.25, 0.3) is 11.4 Å². The Labute approximate surface area is 186 Å². The number of carbonyl (C=O) groups excluding carboxylic acids is 1. The molecule has 1 N–H and O–H groups in total. The largest absolute Gasteiger partial charge is 0.353 e. The molecule has 1 saturated heterocycles. The summed E-state index contributed by atoms with van der Waals surface area (Å²) in [6.07, 6.45) is 0.387. The highest BCUT2D eigenvalue weighted by molar-refractivity contribution is 7.71. The first-order valence-electron chi connectivity index (χ1n) is 10.5. The molecule has 1 aliphatic rings. The van der Waals surface area contributed by atoms with E-state index in [-0.39, 0.29) is 5.91 Å². The van der Waals surface area contributed by atoms with E-state index in [9.17, 15) is 4.79 Å². The van der Waals surface area contributed by atoms with Gasteiger partial charge in [0.25, 0.3) is 0 Å². The van der Waals surface area contributed by atoms with Gasteiger partial charge in [0.2, 0.25) is 5.91 Å². The molecule has 1 amide bonds. The van der Waals surface area contributed by atoms with Crippen molar-refractivity contribution in [2.45, 2.75) is 33.7 Å². The average Bonchev–Trinajstić information content (AvgIpc) is 3.12. The highest BCUT2D eigenvalue weighted by Crippen LogP contribution is 2.19. The van der Waals surface area contributed by atoms with Crippen LogP contribution in [0.2, 0.25) is 0 Å². The number of aromatic amines is 1. The van der Waals surface area contributed by atoms with E-state index in [0.717, 1.165) is 41.8 Å². The Morgan fingerprint density at radius 1 is 1.06 bits per heavy atom. The summed E-state index contributed by atoms with van der Waals surface area (Å²) in [5, 5.41) is 7.22. The van der Waals surface area contributed by atoms with E-state index >= 15 is 0 Å². The second-order valence-corrected chi connectivity index (χ2v) is 8.29. The van der Waals surface area contributed by atoms with Crippen LogP contribution in [0.15, 0.2) is 30.3 Å². The van der Waals surface area contributed by atoms with E-state index in [4.69, 9.17) is 12.2 Å². The topological polar surface area (TPSA) is 82.9 Å². The van der Waals surface area contributed by atoms with Crippen molar-refractivity contribution in [3.63, 3.8) is 0 Å². The van der Waals surface area contributed by atoms with Crippen molar-refractivity contribution in [3.8, 4) is 11.4 Å². The molecule has 0 aliphatic carbocycles. The molecule has 1 aromatic carbocycles. The van der Waals surface area contributed by atoms with E-state index in [1.54, 1.807) is 0 Å². The number of anilines is 1. The lowest BCUT2D eigenvalue weighted by Gasteiger charge is -2.35. The van der Waals surface area contributed by atoms with Crippen LogP contribution in [0.5, 0.6) is 0 Å². The van der Waals surface area contributed by atoms with Crippen molar-refractivity contribution in [3.05, 3.63) is 52.2 Å². The number of piperazine rings is 1. The number of benzene rings is 1. The predicted octanol–water partition coefficient (Wildman–Crippen LogP) is 3.06. The van der Waals surface area contributed by atoms with Gasteiger partial charge in [0.15, 0.2) is 10.6 Å². The number of hydrogen-bond acceptors (Lipinski definition) is 6. The van der Waals surface area contributed by atoms with Crippen molar-refractivity contribution < 1.29 is 4.79 Å². The third-order valence-corrected chi connectivity index (χ3v) is 5.84. The zero-order valence-corrected chi connectivity index (χ0v) is 18.9. The molecule has 0 spiro atoms. The number of hydrogen-bond donors (Lipinski definition) is 1. The molecular formula is C22H27N7OS. The van der Waals surface area contributed by atoms with Gasteiger partial charge in [0.1, 0.15) is 11.6 Å². The molecule has 0 atom stereocenters. The average molecular weight is 438 g/mol. The van der Waals surface area contributed by atoms with E-state index < -0.39 is 0 Å². The second kappa shape index (κ2) is 8.97. The first-order valence-corrected chi connectivity index (χ1v) is 10.9. The van der Waals surface area contributed by atoms with Crippen molar-refractivity contribution in [2.24, 2.45) is 0 Å². The number of aromatic nitrogens is 5. The molecule has 1 fully saturated rings. The van der Waals surface area contributed by atoms with Crippen LogP contribution in [0, 0.1) is 25.5 Å². The number of nitrogens with zero attached hydrogens (tertiary/aromatic N) is 6. The van der Waals surface area contributed by atoms with Gasteiger partial charge in [-0.15, -0.1) is 0 Å². The Morgan fingerprint density at radius 2 is 1.77 bits per heavy atom. The molecule has 2 aromatic heterocycles. The summed E-state index contributed by atoms with van der Waals surface area (Å²) in [6.45, 7) is 9.33. The first kappa shape index (κ1) is 21.2. The van der Waals surface area contributed by atoms with E-state index in [0.29, 0.717) is 30.8 Å². The SMILES string of the molecule is Cc1ccc(-c2n[nH]c(=S)n2CCC(=O)N2CCN(c3cc(C)nc(C)n3)CC2)cc1. The number of amides is 1. The molecule has 162 valence electrons. The third kappa shape index (κ3) is 4.82. The lowest BCUT2D eigenvalue weighted by molar-refractivity contribution is -0.131. The molecule has 3 aromatic rings. The maximum Gasteiger partial charge on any atom is 0.224 e. The summed E-state index contributed by atoms with van der Waals surface area (Å²) in [7, 11) is 0. The molecule has 3 heterocycles. The summed E-state index contributed by atoms with van der Waals surface area (Å²) in [5.74, 6) is 2.60. The summed E-state index contributed by atoms with van der Waals surface area (Å²) in [5.41, 5.74) is 3.13. The van der Waals surface area contributed by atoms with E-state index in [2.05, 4.69) is 25.1 Å². The molecule has 9 heteroatoms. The summed E-state index contributed by atoms with van der Waals surface area (Å²) >= 11 is 5.40. The Bertz CT molecular complexity index is 1110. The number of aryl methyl sites for hydroxylation is 3. The quantitative estimate of drug-likeness (QED) is 0.618. The van der Waals surface area contributed by atoms with Crippen molar-refractivity contribution in [1.82, 2.24) is 29.6 Å². The van der Waals surface area contributed by atoms with Crippen LogP contribution in [0.4, 0.5) is 5.82 Å². The minimum absolute atomic E-state index is 0.132. The van der Waals surface area contributed by atoms with Crippen molar-refractivity contribution >= 4 is 23.9 Å². The zero-order valence-electron chi connectivity index (χ0n) is 18.1. The standard InChI is InChI=1S/C22H27N7OS/c1-15-4-6-18(7-5-15)21-25-26-22(31)29(21)9-8-20(30)28-12-10-27(11-13-28)19-14-16(2)23-17(3)24-19/h4-7,14H,8-13H2,1-3H3,(H,26,31). The fourth-order valence-corrected chi connectivity index (χ4v) is 4.08. The lowest BCUT2D eigenvalue weighted by atomic mass is 10.1. The Hall–Kier alpha value is -3.07. The van der Waals surface area contributed by atoms with Crippen molar-refractivity contribution in [2.75, 3.05) is 31.1 Å². The number of nitrogens with one attached hydrogen (secondary N) is 1. The Balaban J connectivity index is 1.37. The second-order valence-electron chi connectivity index (χ2n) is 7.90. The van der Waals surface area contributed by atoms with Crippen LogP contribution < -0.4 is 4.90 Å². The van der Waals surface area contributed by atoms with Gasteiger partial charge in [-0.3, -0.25) is 14.5 Å². The normalized spacial score (nSPS) is 14.2. The molecular weight excluding hydrogens is 410 g/mol. The summed E-state index contributed by atoms with van der Waals surface area (Å²) in [4.78, 5) is 25.9. The van der Waals surface area contributed by atoms with E-state index in [1.165, 1.54) is 5.56 Å². The minimum atomic E-state index is 0.132. The van der Waals surface area contributed by atoms with Gasteiger partial charge in [-0.05, 0) is 33.0 Å². The Kier molecular flexibility index (Phi) is 6.13. The molecule has 0 unspecified atom stereocenters. The van der Waals surface area contributed by atoms with Gasteiger partial charge in [-0.25, -0.2) is 9.97 Å². The molecule has 4 rings (SSSR count). The first-order chi connectivity index (χ1) is 14.9. The monoisotopic (exact) mass is 437 g/mol. The fraction of sp³-hybridized carbons (Fsp3) is 0.409. The van der Waals surface area contributed by atoms with Crippen LogP contribution in [-0.2, 0) is 11.3 Å². The van der Waals surface area contributed by atoms with E-state index in [1.807, 2.05) is 60.6 Å². The molecule has 0 saturated carbocycles. The molecule has 8 nitrogen and oxygen atoms in total. The highest BCUT2D eigenvalue weighted by Gasteiger charge is 2.22. The number of rotatable bonds is 5. The van der Waals surface area contributed by atoms with Gasteiger partial charge < -0.3 is 9.80 Å². The van der Waals surface area contributed by atoms with Crippen molar-refractivity contribution in [1.29, 1.82) is 0 Å². The molecule has 0 radical (unpaired) electrons. The zero-order chi connectivity index (χ0) is 22.0. The van der Waals surface area contributed by atoms with Crippen LogP contribution in [0.1, 0.15) is 23.5 Å². The van der Waals surface area contributed by atoms with Gasteiger partial charge in [0.05, 0.1) is 0 Å². The van der Waals surface area contributed by atoms with Crippen LogP contribution >= 0.6 is 12.2 Å². The highest BCUT2D eigenvalue weighted by atomic mass is 32.1. The maximum atomic E-state index is 12.9. The summed E-state index contributed by atoms with van der Waals surface area (Å²) < 4.78 is 2.43. The fourth-order valence-electron chi connectivity index (χ4n) is 3.86. The van der Waals surface area contributed by atoms with Gasteiger partial charge in [0, 0.05) is 56.5 Å². The smallest absolute Gasteiger partial charge is 0.224 e. The molecule has 1 aliphatic heterocycles. The predicted molar refractivity (Wildman–Crippen MR) is 123 cm³/mol. The third-order valence-electron chi connectivity index (χ3n) is 5.53. The Morgan fingerprint density at radius 3 is 2.45 bits per heavy atom. The lowest BCUT2D eigenvalue weighted by Crippen LogP contribution is -2.49. The minimum Gasteiger partial charge on any atom is -0.353 e. The van der Waals surface area contributed by atoms with Gasteiger partial charge in [-0.1, -0.05) is 29.8 Å².